The van der Waals surface area contributed by atoms with Gasteiger partial charge in [0.05, 0.1) is 24.1 Å². The lowest BCUT2D eigenvalue weighted by molar-refractivity contribution is 0.252. The number of oxazole rings is 1. The maximum absolute atomic E-state index is 11.6. The van der Waals surface area contributed by atoms with E-state index in [0.717, 1.165) is 18.8 Å². The molecule has 8 heteroatoms. The largest absolute Gasteiger partial charge is 0.432 e. The zero-order valence-corrected chi connectivity index (χ0v) is 10.8. The van der Waals surface area contributed by atoms with E-state index in [-0.39, 0.29) is 6.03 Å². The van der Waals surface area contributed by atoms with Crippen molar-refractivity contribution >= 4 is 17.7 Å². The molecule has 0 bridgehead atoms. The lowest BCUT2D eigenvalue weighted by Crippen LogP contribution is -2.48. The van der Waals surface area contributed by atoms with E-state index in [4.69, 9.17) is 4.42 Å². The van der Waals surface area contributed by atoms with Crippen molar-refractivity contribution in [2.45, 2.75) is 6.04 Å². The second kappa shape index (κ2) is 4.26. The summed E-state index contributed by atoms with van der Waals surface area (Å²) in [6.45, 7) is 3.00. The summed E-state index contributed by atoms with van der Waals surface area (Å²) < 4.78 is 7.15. The van der Waals surface area contributed by atoms with Gasteiger partial charge < -0.3 is 14.6 Å². The maximum Gasteiger partial charge on any atom is 0.322 e. The second-order valence-electron chi connectivity index (χ2n) is 4.94. The van der Waals surface area contributed by atoms with E-state index in [1.165, 1.54) is 0 Å². The fourth-order valence-corrected chi connectivity index (χ4v) is 2.54. The predicted octanol–water partition coefficient (Wildman–Crippen LogP) is 0.462. The fraction of sp³-hybridized carbons (Fsp3) is 0.417. The maximum atomic E-state index is 11.6. The van der Waals surface area contributed by atoms with Crippen LogP contribution in [0.25, 0.3) is 0 Å². The first-order valence-corrected chi connectivity index (χ1v) is 6.55. The van der Waals surface area contributed by atoms with Gasteiger partial charge in [0.2, 0.25) is 0 Å². The molecule has 0 unspecified atom stereocenters. The van der Waals surface area contributed by atoms with E-state index in [9.17, 15) is 4.79 Å². The van der Waals surface area contributed by atoms with Gasteiger partial charge in [-0.25, -0.2) is 9.78 Å². The first-order valence-electron chi connectivity index (χ1n) is 6.55. The van der Waals surface area contributed by atoms with Crippen LogP contribution in [0.5, 0.6) is 0 Å². The zero-order valence-electron chi connectivity index (χ0n) is 10.8. The van der Waals surface area contributed by atoms with Crippen molar-refractivity contribution in [2.75, 3.05) is 36.0 Å². The van der Waals surface area contributed by atoms with Gasteiger partial charge in [-0.2, -0.15) is 5.10 Å². The molecule has 2 fully saturated rings. The molecule has 0 atom stereocenters. The Morgan fingerprint density at radius 2 is 2.30 bits per heavy atom. The average Bonchev–Trinajstić information content (AvgIpc) is 3.07. The smallest absolute Gasteiger partial charge is 0.322 e. The number of carbonyl (C=O) groups excluding carboxylic acids is 1. The Kier molecular flexibility index (Phi) is 2.41. The highest BCUT2D eigenvalue weighted by atomic mass is 16.4. The molecule has 0 radical (unpaired) electrons. The molecule has 0 saturated carbocycles. The van der Waals surface area contributed by atoms with Gasteiger partial charge in [-0.1, -0.05) is 0 Å². The molecule has 1 N–H and O–H groups in total. The van der Waals surface area contributed by atoms with Crippen molar-refractivity contribution in [3.63, 3.8) is 0 Å². The van der Waals surface area contributed by atoms with Gasteiger partial charge in [-0.15, -0.1) is 0 Å². The summed E-state index contributed by atoms with van der Waals surface area (Å²) in [5.41, 5.74) is 0.842. The van der Waals surface area contributed by atoms with Gasteiger partial charge >= 0.3 is 6.03 Å². The van der Waals surface area contributed by atoms with Crippen molar-refractivity contribution in [3.8, 4) is 0 Å². The minimum Gasteiger partial charge on any atom is -0.432 e. The molecule has 2 aromatic heterocycles. The molecular weight excluding hydrogens is 260 g/mol. The second-order valence-corrected chi connectivity index (χ2v) is 4.94. The van der Waals surface area contributed by atoms with E-state index in [2.05, 4.69) is 20.3 Å². The van der Waals surface area contributed by atoms with Crippen LogP contribution in [0.4, 0.5) is 16.5 Å². The van der Waals surface area contributed by atoms with E-state index in [0.29, 0.717) is 25.1 Å². The molecule has 2 amide bonds. The summed E-state index contributed by atoms with van der Waals surface area (Å²) in [5.74, 6) is 0. The Hall–Kier alpha value is -2.51. The molecule has 0 aromatic carbocycles. The Morgan fingerprint density at radius 1 is 1.40 bits per heavy atom. The molecule has 8 nitrogen and oxygen atoms in total. The minimum absolute atomic E-state index is 0.0560. The SMILES string of the molecule is O=C1NCCN1c1cnn(C2CN(c3ncco3)C2)c1. The minimum atomic E-state index is -0.0560. The molecule has 2 aliphatic heterocycles. The molecule has 4 heterocycles. The molecule has 2 aliphatic rings. The number of rotatable bonds is 3. The van der Waals surface area contributed by atoms with Gasteiger partial charge in [-0.3, -0.25) is 9.58 Å². The number of nitrogens with one attached hydrogen (secondary N) is 1. The van der Waals surface area contributed by atoms with E-state index in [1.54, 1.807) is 23.6 Å². The summed E-state index contributed by atoms with van der Waals surface area (Å²) in [6.07, 6.45) is 6.86. The molecule has 0 spiro atoms. The molecular formula is C12H14N6O2. The Balaban J connectivity index is 1.44. The highest BCUT2D eigenvalue weighted by Gasteiger charge is 2.32. The number of nitrogens with zero attached hydrogens (tertiary/aromatic N) is 5. The highest BCUT2D eigenvalue weighted by molar-refractivity contribution is 5.93. The van der Waals surface area contributed by atoms with Gasteiger partial charge in [-0.05, 0) is 0 Å². The molecule has 104 valence electrons. The predicted molar refractivity (Wildman–Crippen MR) is 70.7 cm³/mol. The topological polar surface area (TPSA) is 79.4 Å². The van der Waals surface area contributed by atoms with Crippen LogP contribution in [0.2, 0.25) is 0 Å². The Bertz CT molecular complexity index is 616. The average molecular weight is 274 g/mol. The van der Waals surface area contributed by atoms with Gasteiger partial charge in [0, 0.05) is 32.4 Å². The third kappa shape index (κ3) is 1.72. The number of aromatic nitrogens is 3. The lowest BCUT2D eigenvalue weighted by Gasteiger charge is -2.37. The van der Waals surface area contributed by atoms with Crippen molar-refractivity contribution in [2.24, 2.45) is 0 Å². The van der Waals surface area contributed by atoms with Crippen LogP contribution in [-0.2, 0) is 0 Å². The van der Waals surface area contributed by atoms with Crippen molar-refractivity contribution in [1.82, 2.24) is 20.1 Å². The van der Waals surface area contributed by atoms with Crippen LogP contribution in [0, 0.1) is 0 Å². The summed E-state index contributed by atoms with van der Waals surface area (Å²) in [5, 5.41) is 7.13. The number of anilines is 2. The monoisotopic (exact) mass is 274 g/mol. The van der Waals surface area contributed by atoms with Crippen molar-refractivity contribution in [3.05, 3.63) is 24.9 Å². The van der Waals surface area contributed by atoms with E-state index >= 15 is 0 Å². The molecule has 2 aromatic rings. The number of hydrogen-bond donors (Lipinski definition) is 1. The first-order chi connectivity index (χ1) is 9.81. The van der Waals surface area contributed by atoms with Crippen LogP contribution in [-0.4, -0.2) is 47.0 Å². The molecule has 4 rings (SSSR count). The number of urea groups is 1. The Labute approximate surface area is 115 Å². The van der Waals surface area contributed by atoms with Crippen LogP contribution < -0.4 is 15.1 Å². The lowest BCUT2D eigenvalue weighted by atomic mass is 10.1. The van der Waals surface area contributed by atoms with Gasteiger partial charge in [0.25, 0.3) is 6.01 Å². The summed E-state index contributed by atoms with van der Waals surface area (Å²) in [4.78, 5) is 19.5. The number of carbonyl (C=O) groups is 1. The van der Waals surface area contributed by atoms with Crippen molar-refractivity contribution < 1.29 is 9.21 Å². The third-order valence-electron chi connectivity index (χ3n) is 3.68. The van der Waals surface area contributed by atoms with Gasteiger partial charge in [0.1, 0.15) is 6.26 Å². The fourth-order valence-electron chi connectivity index (χ4n) is 2.54. The van der Waals surface area contributed by atoms with Crippen LogP contribution in [0.1, 0.15) is 6.04 Å². The van der Waals surface area contributed by atoms with Gasteiger partial charge in [0.15, 0.2) is 0 Å². The van der Waals surface area contributed by atoms with Crippen LogP contribution in [0.15, 0.2) is 29.3 Å². The number of amides is 2. The van der Waals surface area contributed by atoms with E-state index < -0.39 is 0 Å². The number of hydrogen-bond acceptors (Lipinski definition) is 5. The normalized spacial score (nSPS) is 19.3. The van der Waals surface area contributed by atoms with Crippen LogP contribution in [0.3, 0.4) is 0 Å². The highest BCUT2D eigenvalue weighted by Crippen LogP contribution is 2.27. The Morgan fingerprint density at radius 3 is 3.00 bits per heavy atom. The standard InChI is InChI=1S/C12H14N6O2/c19-11-13-1-3-17(11)9-5-15-18(8-9)10-6-16(7-10)12-14-2-4-20-12/h2,4-5,8,10H,1,3,6-7H2,(H,13,19). The third-order valence-corrected chi connectivity index (χ3v) is 3.68. The quantitative estimate of drug-likeness (QED) is 0.879. The molecule has 20 heavy (non-hydrogen) atoms. The summed E-state index contributed by atoms with van der Waals surface area (Å²) in [6, 6.07) is 0.883. The van der Waals surface area contributed by atoms with Crippen molar-refractivity contribution in [1.29, 1.82) is 0 Å². The van der Waals surface area contributed by atoms with E-state index in [1.807, 2.05) is 10.9 Å². The first kappa shape index (κ1) is 11.3. The molecule has 2 saturated heterocycles. The van der Waals surface area contributed by atoms with Crippen LogP contribution >= 0.6 is 0 Å². The summed E-state index contributed by atoms with van der Waals surface area (Å²) in [7, 11) is 0. The zero-order chi connectivity index (χ0) is 13.5. The molecule has 0 aliphatic carbocycles. The summed E-state index contributed by atoms with van der Waals surface area (Å²) >= 11 is 0.